The predicted octanol–water partition coefficient (Wildman–Crippen LogP) is 3.64. The summed E-state index contributed by atoms with van der Waals surface area (Å²) in [5.74, 6) is -0.0630. The number of likely N-dealkylation sites (N-methyl/N-ethyl adjacent to an activating group) is 1. The van der Waals surface area contributed by atoms with Crippen molar-refractivity contribution in [3.8, 4) is 0 Å². The molecule has 3 aromatic rings. The van der Waals surface area contributed by atoms with Gasteiger partial charge >= 0.3 is 0 Å². The van der Waals surface area contributed by atoms with Gasteiger partial charge in [-0.3, -0.25) is 14.8 Å². The zero-order valence-corrected chi connectivity index (χ0v) is 14.2. The van der Waals surface area contributed by atoms with E-state index in [2.05, 4.69) is 16.0 Å². The molecule has 0 saturated heterocycles. The average Bonchev–Trinajstić information content (AvgIpc) is 2.60. The largest absolute Gasteiger partial charge is 0.337 e. The van der Waals surface area contributed by atoms with E-state index in [1.54, 1.807) is 11.1 Å². The molecule has 0 aliphatic rings. The molecule has 0 aliphatic carbocycles. The maximum atomic E-state index is 12.9. The zero-order valence-electron chi connectivity index (χ0n) is 14.2. The van der Waals surface area contributed by atoms with Crippen LogP contribution in [-0.4, -0.2) is 33.9 Å². The minimum atomic E-state index is -0.0630. The summed E-state index contributed by atoms with van der Waals surface area (Å²) in [6.45, 7) is 4.08. The van der Waals surface area contributed by atoms with Crippen LogP contribution in [0.4, 0.5) is 0 Å². The highest BCUT2D eigenvalue weighted by atomic mass is 16.2. The van der Waals surface area contributed by atoms with E-state index in [9.17, 15) is 4.79 Å². The summed E-state index contributed by atoms with van der Waals surface area (Å²) < 4.78 is 0. The summed E-state index contributed by atoms with van der Waals surface area (Å²) in [6.07, 6.45) is 4.22. The molecule has 2 aromatic heterocycles. The third-order valence-corrected chi connectivity index (χ3v) is 4.33. The number of aromatic nitrogens is 2. The Hall–Kier alpha value is -2.75. The second-order valence-corrected chi connectivity index (χ2v) is 6.17. The number of benzene rings is 1. The first-order chi connectivity index (χ1) is 11.6. The molecule has 4 nitrogen and oxygen atoms in total. The van der Waals surface area contributed by atoms with Crippen LogP contribution in [0.3, 0.4) is 0 Å². The maximum Gasteiger partial charge on any atom is 0.273 e. The lowest BCUT2D eigenvalue weighted by Gasteiger charge is -2.25. The summed E-state index contributed by atoms with van der Waals surface area (Å²) >= 11 is 0. The second-order valence-electron chi connectivity index (χ2n) is 6.17. The molecule has 3 rings (SSSR count). The van der Waals surface area contributed by atoms with Crippen LogP contribution in [0.5, 0.6) is 0 Å². The molecule has 4 heteroatoms. The van der Waals surface area contributed by atoms with Crippen LogP contribution in [0.1, 0.15) is 28.7 Å². The van der Waals surface area contributed by atoms with Crippen LogP contribution in [-0.2, 0) is 6.42 Å². The molecule has 0 N–H and O–H groups in total. The Kier molecular flexibility index (Phi) is 4.56. The molecule has 1 amide bonds. The van der Waals surface area contributed by atoms with Gasteiger partial charge in [0, 0.05) is 43.0 Å². The average molecular weight is 319 g/mol. The number of amides is 1. The quantitative estimate of drug-likeness (QED) is 0.737. The molecule has 0 aliphatic heterocycles. The molecule has 122 valence electrons. The number of carbonyl (C=O) groups is 1. The van der Waals surface area contributed by atoms with Crippen molar-refractivity contribution in [3.05, 3.63) is 71.8 Å². The van der Waals surface area contributed by atoms with Gasteiger partial charge in [0.05, 0.1) is 0 Å². The van der Waals surface area contributed by atoms with Crippen molar-refractivity contribution in [2.45, 2.75) is 26.3 Å². The lowest BCUT2D eigenvalue weighted by atomic mass is 10.1. The molecule has 0 bridgehead atoms. The fourth-order valence-electron chi connectivity index (χ4n) is 2.81. The number of carbonyl (C=O) groups excluding carboxylic acids is 1. The molecule has 24 heavy (non-hydrogen) atoms. The standard InChI is InChI=1S/C20H21N3O/c1-14-8-10-21-17(12-14)13-15(2)23(3)20(24)19-18-7-5-4-6-16(18)9-11-22-19/h4-12,15H,13H2,1-3H3. The Labute approximate surface area is 142 Å². The molecule has 0 spiro atoms. The number of fused-ring (bicyclic) bond motifs is 1. The van der Waals surface area contributed by atoms with Gasteiger partial charge in [0.2, 0.25) is 0 Å². The van der Waals surface area contributed by atoms with Gasteiger partial charge in [-0.05, 0) is 43.0 Å². The number of pyridine rings is 2. The first kappa shape index (κ1) is 16.1. The van der Waals surface area contributed by atoms with E-state index in [4.69, 9.17) is 0 Å². The molecular weight excluding hydrogens is 298 g/mol. The highest BCUT2D eigenvalue weighted by Crippen LogP contribution is 2.19. The molecule has 0 fully saturated rings. The monoisotopic (exact) mass is 319 g/mol. The van der Waals surface area contributed by atoms with Crippen LogP contribution in [0.25, 0.3) is 10.8 Å². The lowest BCUT2D eigenvalue weighted by Crippen LogP contribution is -2.37. The SMILES string of the molecule is Cc1ccnc(CC(C)N(C)C(=O)c2nccc3ccccc23)c1. The highest BCUT2D eigenvalue weighted by Gasteiger charge is 2.21. The minimum Gasteiger partial charge on any atom is -0.337 e. The first-order valence-corrected chi connectivity index (χ1v) is 8.08. The van der Waals surface area contributed by atoms with Crippen molar-refractivity contribution >= 4 is 16.7 Å². The van der Waals surface area contributed by atoms with Crippen LogP contribution in [0.2, 0.25) is 0 Å². The molecule has 1 aromatic carbocycles. The van der Waals surface area contributed by atoms with E-state index in [1.807, 2.05) is 63.5 Å². The third kappa shape index (κ3) is 3.27. The van der Waals surface area contributed by atoms with Crippen molar-refractivity contribution in [3.63, 3.8) is 0 Å². The van der Waals surface area contributed by atoms with Gasteiger partial charge in [0.25, 0.3) is 5.91 Å². The Morgan fingerprint density at radius 2 is 1.88 bits per heavy atom. The number of hydrogen-bond donors (Lipinski definition) is 0. The molecule has 1 unspecified atom stereocenters. The van der Waals surface area contributed by atoms with Crippen LogP contribution < -0.4 is 0 Å². The van der Waals surface area contributed by atoms with Gasteiger partial charge in [0.1, 0.15) is 5.69 Å². The van der Waals surface area contributed by atoms with Gasteiger partial charge in [-0.25, -0.2) is 0 Å². The second kappa shape index (κ2) is 6.79. The van der Waals surface area contributed by atoms with Crippen molar-refractivity contribution < 1.29 is 4.79 Å². The summed E-state index contributed by atoms with van der Waals surface area (Å²) in [6, 6.07) is 13.8. The molecule has 0 saturated carbocycles. The first-order valence-electron chi connectivity index (χ1n) is 8.08. The normalized spacial score (nSPS) is 12.1. The molecule has 2 heterocycles. The van der Waals surface area contributed by atoms with E-state index < -0.39 is 0 Å². The highest BCUT2D eigenvalue weighted by molar-refractivity contribution is 6.05. The Balaban J connectivity index is 1.83. The lowest BCUT2D eigenvalue weighted by molar-refractivity contribution is 0.0739. The summed E-state index contributed by atoms with van der Waals surface area (Å²) in [5.41, 5.74) is 2.67. The van der Waals surface area contributed by atoms with E-state index in [0.29, 0.717) is 12.1 Å². The minimum absolute atomic E-state index is 0.0348. The number of hydrogen-bond acceptors (Lipinski definition) is 3. The predicted molar refractivity (Wildman–Crippen MR) is 96.0 cm³/mol. The van der Waals surface area contributed by atoms with Gasteiger partial charge in [-0.15, -0.1) is 0 Å². The van der Waals surface area contributed by atoms with Crippen molar-refractivity contribution in [2.24, 2.45) is 0 Å². The van der Waals surface area contributed by atoms with Gasteiger partial charge in [-0.1, -0.05) is 24.3 Å². The van der Waals surface area contributed by atoms with Gasteiger partial charge in [-0.2, -0.15) is 0 Å². The van der Waals surface area contributed by atoms with Crippen LogP contribution in [0, 0.1) is 6.92 Å². The van der Waals surface area contributed by atoms with E-state index in [-0.39, 0.29) is 11.9 Å². The van der Waals surface area contributed by atoms with Gasteiger partial charge in [0.15, 0.2) is 0 Å². The Bertz CT molecular complexity index is 870. The number of nitrogens with zero attached hydrogens (tertiary/aromatic N) is 3. The summed E-state index contributed by atoms with van der Waals surface area (Å²) in [7, 11) is 1.83. The summed E-state index contributed by atoms with van der Waals surface area (Å²) in [5, 5.41) is 1.91. The topological polar surface area (TPSA) is 46.1 Å². The number of rotatable bonds is 4. The molecule has 1 atom stereocenters. The third-order valence-electron chi connectivity index (χ3n) is 4.33. The fourth-order valence-corrected chi connectivity index (χ4v) is 2.81. The smallest absolute Gasteiger partial charge is 0.273 e. The number of aryl methyl sites for hydroxylation is 1. The van der Waals surface area contributed by atoms with E-state index in [0.717, 1.165) is 16.5 Å². The van der Waals surface area contributed by atoms with E-state index >= 15 is 0 Å². The Morgan fingerprint density at radius 1 is 1.12 bits per heavy atom. The fraction of sp³-hybridized carbons (Fsp3) is 0.250. The zero-order chi connectivity index (χ0) is 17.1. The summed E-state index contributed by atoms with van der Waals surface area (Å²) in [4.78, 5) is 23.4. The van der Waals surface area contributed by atoms with Crippen LogP contribution >= 0.6 is 0 Å². The Morgan fingerprint density at radius 3 is 2.67 bits per heavy atom. The van der Waals surface area contributed by atoms with Crippen molar-refractivity contribution in [1.82, 2.24) is 14.9 Å². The van der Waals surface area contributed by atoms with Crippen LogP contribution in [0.15, 0.2) is 54.9 Å². The van der Waals surface area contributed by atoms with Crippen molar-refractivity contribution in [1.29, 1.82) is 0 Å². The molecule has 0 radical (unpaired) electrons. The maximum absolute atomic E-state index is 12.9. The molecular formula is C20H21N3O. The van der Waals surface area contributed by atoms with E-state index in [1.165, 1.54) is 5.56 Å². The van der Waals surface area contributed by atoms with Gasteiger partial charge < -0.3 is 4.90 Å². The van der Waals surface area contributed by atoms with Crippen molar-refractivity contribution in [2.75, 3.05) is 7.05 Å².